The first-order valence-electron chi connectivity index (χ1n) is 4.07. The molecule has 0 fully saturated rings. The first kappa shape index (κ1) is 11.1. The Morgan fingerprint density at radius 2 is 2.18 bits per heavy atom. The molecule has 1 nitrogen and oxygen atoms in total. The monoisotopic (exact) mass is 173 g/mol. The van der Waals surface area contributed by atoms with Gasteiger partial charge < -0.3 is 5.32 Å². The summed E-state index contributed by atoms with van der Waals surface area (Å²) in [4.78, 5) is 0. The molecule has 2 heteroatoms. The van der Waals surface area contributed by atoms with Crippen LogP contribution in [0.25, 0.3) is 0 Å². The molecule has 1 atom stereocenters. The highest BCUT2D eigenvalue weighted by Crippen LogP contribution is 2.15. The zero-order chi connectivity index (χ0) is 8.91. The number of rotatable bonds is 5. The number of hydrogen-bond donors (Lipinski definition) is 2. The minimum atomic E-state index is 0.176. The van der Waals surface area contributed by atoms with Gasteiger partial charge in [-0.15, -0.1) is 6.58 Å². The van der Waals surface area contributed by atoms with Crippen LogP contribution in [0.1, 0.15) is 27.2 Å². The van der Waals surface area contributed by atoms with Crippen molar-refractivity contribution in [2.45, 2.75) is 38.0 Å². The van der Waals surface area contributed by atoms with E-state index < -0.39 is 0 Å². The third kappa shape index (κ3) is 5.33. The molecule has 0 aromatic heterocycles. The molecular formula is C9H19NS. The van der Waals surface area contributed by atoms with Gasteiger partial charge in [0.1, 0.15) is 0 Å². The van der Waals surface area contributed by atoms with Crippen molar-refractivity contribution in [1.29, 1.82) is 0 Å². The van der Waals surface area contributed by atoms with Crippen molar-refractivity contribution in [2.24, 2.45) is 0 Å². The molecule has 0 aliphatic carbocycles. The highest BCUT2D eigenvalue weighted by atomic mass is 32.1. The Labute approximate surface area is 75.7 Å². The minimum absolute atomic E-state index is 0.176. The second-order valence-corrected chi connectivity index (χ2v) is 4.08. The molecule has 0 aliphatic rings. The fourth-order valence-corrected chi connectivity index (χ4v) is 1.61. The van der Waals surface area contributed by atoms with Gasteiger partial charge in [0.2, 0.25) is 0 Å². The van der Waals surface area contributed by atoms with E-state index in [2.05, 4.69) is 45.3 Å². The van der Waals surface area contributed by atoms with E-state index in [0.29, 0.717) is 5.25 Å². The lowest BCUT2D eigenvalue weighted by molar-refractivity contribution is 0.378. The van der Waals surface area contributed by atoms with Crippen molar-refractivity contribution in [1.82, 2.24) is 5.32 Å². The summed E-state index contributed by atoms with van der Waals surface area (Å²) in [6.45, 7) is 11.2. The average Bonchev–Trinajstić information content (AvgIpc) is 1.86. The summed E-state index contributed by atoms with van der Waals surface area (Å²) in [6.07, 6.45) is 2.90. The second kappa shape index (κ2) is 4.83. The first-order valence-corrected chi connectivity index (χ1v) is 4.59. The van der Waals surface area contributed by atoms with Gasteiger partial charge in [0.05, 0.1) is 0 Å². The highest BCUT2D eigenvalue weighted by Gasteiger charge is 2.17. The second-order valence-electron chi connectivity index (χ2n) is 3.42. The van der Waals surface area contributed by atoms with E-state index in [9.17, 15) is 0 Å². The van der Waals surface area contributed by atoms with E-state index >= 15 is 0 Å². The number of hydrogen-bond acceptors (Lipinski definition) is 2. The molecule has 0 aliphatic heterocycles. The lowest BCUT2D eigenvalue weighted by Crippen LogP contribution is -2.40. The summed E-state index contributed by atoms with van der Waals surface area (Å²) in [5.74, 6) is 0. The lowest BCUT2D eigenvalue weighted by Gasteiger charge is -2.27. The summed E-state index contributed by atoms with van der Waals surface area (Å²) in [5, 5.41) is 3.69. The molecule has 0 amide bonds. The van der Waals surface area contributed by atoms with Gasteiger partial charge in [-0.1, -0.05) is 13.0 Å². The number of nitrogens with one attached hydrogen (secondary N) is 1. The van der Waals surface area contributed by atoms with Gasteiger partial charge in [0.25, 0.3) is 0 Å². The van der Waals surface area contributed by atoms with Crippen LogP contribution in [0, 0.1) is 0 Å². The Morgan fingerprint density at radius 3 is 2.55 bits per heavy atom. The summed E-state index contributed by atoms with van der Waals surface area (Å²) in [5.41, 5.74) is 0.176. The summed E-state index contributed by atoms with van der Waals surface area (Å²) in [6, 6.07) is 0. The molecule has 1 N–H and O–H groups in total. The molecule has 0 bridgehead atoms. The average molecular weight is 173 g/mol. The Bertz CT molecular complexity index is 121. The lowest BCUT2D eigenvalue weighted by atomic mass is 9.98. The van der Waals surface area contributed by atoms with E-state index in [1.807, 2.05) is 6.08 Å². The van der Waals surface area contributed by atoms with Crippen LogP contribution in [0.3, 0.4) is 0 Å². The van der Waals surface area contributed by atoms with E-state index in [1.54, 1.807) is 0 Å². The van der Waals surface area contributed by atoms with E-state index in [4.69, 9.17) is 0 Å². The van der Waals surface area contributed by atoms with Crippen molar-refractivity contribution in [2.75, 3.05) is 6.54 Å². The summed E-state index contributed by atoms with van der Waals surface area (Å²) < 4.78 is 0. The SMILES string of the molecule is C=CC(S)CC(C)(C)NCC. The molecule has 0 aromatic carbocycles. The molecule has 0 saturated carbocycles. The standard InChI is InChI=1S/C9H19NS/c1-5-8(11)7-9(3,4)10-6-2/h5,8,10-11H,1,6-7H2,2-4H3. The maximum Gasteiger partial charge on any atom is 0.0211 e. The third-order valence-electron chi connectivity index (χ3n) is 1.65. The van der Waals surface area contributed by atoms with E-state index in [1.165, 1.54) is 0 Å². The van der Waals surface area contributed by atoms with Crippen LogP contribution >= 0.6 is 12.6 Å². The van der Waals surface area contributed by atoms with Crippen LogP contribution < -0.4 is 5.32 Å². The van der Waals surface area contributed by atoms with Crippen LogP contribution in [-0.2, 0) is 0 Å². The van der Waals surface area contributed by atoms with Gasteiger partial charge in [-0.3, -0.25) is 0 Å². The minimum Gasteiger partial charge on any atom is -0.312 e. The first-order chi connectivity index (χ1) is 5.02. The predicted molar refractivity (Wildman–Crippen MR) is 55.3 cm³/mol. The van der Waals surface area contributed by atoms with Crippen molar-refractivity contribution in [3.63, 3.8) is 0 Å². The molecule has 66 valence electrons. The van der Waals surface area contributed by atoms with Gasteiger partial charge in [-0.05, 0) is 26.8 Å². The Balaban J connectivity index is 3.79. The molecule has 0 heterocycles. The van der Waals surface area contributed by atoms with Crippen LogP contribution in [0.15, 0.2) is 12.7 Å². The van der Waals surface area contributed by atoms with Crippen molar-refractivity contribution >= 4 is 12.6 Å². The quantitative estimate of drug-likeness (QED) is 0.480. The van der Waals surface area contributed by atoms with Crippen molar-refractivity contribution < 1.29 is 0 Å². The Kier molecular flexibility index (Phi) is 4.86. The molecular weight excluding hydrogens is 154 g/mol. The zero-order valence-corrected chi connectivity index (χ0v) is 8.62. The maximum absolute atomic E-state index is 4.36. The van der Waals surface area contributed by atoms with Crippen molar-refractivity contribution in [3.05, 3.63) is 12.7 Å². The molecule has 1 unspecified atom stereocenters. The third-order valence-corrected chi connectivity index (χ3v) is 2.04. The van der Waals surface area contributed by atoms with Gasteiger partial charge in [0, 0.05) is 10.8 Å². The molecule has 0 spiro atoms. The maximum atomic E-state index is 4.36. The highest BCUT2D eigenvalue weighted by molar-refractivity contribution is 7.81. The summed E-state index contributed by atoms with van der Waals surface area (Å²) in [7, 11) is 0. The van der Waals surface area contributed by atoms with Gasteiger partial charge in [0.15, 0.2) is 0 Å². The molecule has 0 rings (SSSR count). The molecule has 0 saturated heterocycles. The van der Waals surface area contributed by atoms with Crippen LogP contribution in [0.4, 0.5) is 0 Å². The normalized spacial score (nSPS) is 14.5. The van der Waals surface area contributed by atoms with Crippen LogP contribution in [-0.4, -0.2) is 17.3 Å². The molecule has 0 aromatic rings. The summed E-state index contributed by atoms with van der Waals surface area (Å²) >= 11 is 4.36. The predicted octanol–water partition coefficient (Wildman–Crippen LogP) is 2.25. The van der Waals surface area contributed by atoms with Gasteiger partial charge in [-0.25, -0.2) is 0 Å². The van der Waals surface area contributed by atoms with Gasteiger partial charge in [-0.2, -0.15) is 12.6 Å². The van der Waals surface area contributed by atoms with Crippen molar-refractivity contribution in [3.8, 4) is 0 Å². The van der Waals surface area contributed by atoms with E-state index in [-0.39, 0.29) is 5.54 Å². The smallest absolute Gasteiger partial charge is 0.0211 e. The fraction of sp³-hybridized carbons (Fsp3) is 0.778. The van der Waals surface area contributed by atoms with E-state index in [0.717, 1.165) is 13.0 Å². The van der Waals surface area contributed by atoms with Crippen LogP contribution in [0.5, 0.6) is 0 Å². The largest absolute Gasteiger partial charge is 0.312 e. The topological polar surface area (TPSA) is 12.0 Å². The Hall–Kier alpha value is 0.0500. The van der Waals surface area contributed by atoms with Gasteiger partial charge >= 0.3 is 0 Å². The Morgan fingerprint density at radius 1 is 1.64 bits per heavy atom. The fourth-order valence-electron chi connectivity index (χ4n) is 1.16. The molecule has 0 radical (unpaired) electrons. The zero-order valence-electron chi connectivity index (χ0n) is 7.72. The molecule has 11 heavy (non-hydrogen) atoms. The van der Waals surface area contributed by atoms with Crippen LogP contribution in [0.2, 0.25) is 0 Å². The number of thiol groups is 1.